The third-order valence-electron chi connectivity index (χ3n) is 10.3. The van der Waals surface area contributed by atoms with Gasteiger partial charge in [0.25, 0.3) is 0 Å². The smallest absolute Gasteiger partial charge is 0.407 e. The minimum atomic E-state index is -0.643. The molecule has 1 atom stereocenters. The van der Waals surface area contributed by atoms with E-state index in [-0.39, 0.29) is 30.9 Å². The van der Waals surface area contributed by atoms with Gasteiger partial charge in [-0.05, 0) is 71.5 Å². The van der Waals surface area contributed by atoms with E-state index in [1.54, 1.807) is 4.90 Å². The summed E-state index contributed by atoms with van der Waals surface area (Å²) in [5.74, 6) is 2.56. The number of hydrogen-bond acceptors (Lipinski definition) is 7. The number of hydrogen-bond donors (Lipinski definition) is 3. The van der Waals surface area contributed by atoms with Crippen LogP contribution >= 0.6 is 0 Å². The summed E-state index contributed by atoms with van der Waals surface area (Å²) in [6.45, 7) is 12.1. The topological polar surface area (TPSA) is 146 Å². The van der Waals surface area contributed by atoms with Crippen molar-refractivity contribution < 1.29 is 23.9 Å². The van der Waals surface area contributed by atoms with Crippen LogP contribution in [-0.2, 0) is 34.0 Å². The van der Waals surface area contributed by atoms with E-state index in [4.69, 9.17) is 9.72 Å². The van der Waals surface area contributed by atoms with Crippen LogP contribution in [0.1, 0.15) is 83.9 Å². The van der Waals surface area contributed by atoms with Crippen LogP contribution < -0.4 is 10.1 Å². The van der Waals surface area contributed by atoms with Crippen molar-refractivity contribution in [3.05, 3.63) is 65.9 Å². The van der Waals surface area contributed by atoms with Crippen LogP contribution in [0.15, 0.2) is 48.7 Å². The summed E-state index contributed by atoms with van der Waals surface area (Å²) >= 11 is 0. The van der Waals surface area contributed by atoms with Gasteiger partial charge in [-0.15, -0.1) is 0 Å². The Bertz CT molecular complexity index is 2100. The molecule has 1 aliphatic heterocycles. The zero-order valence-electron chi connectivity index (χ0n) is 31.7. The van der Waals surface area contributed by atoms with Crippen molar-refractivity contribution >= 4 is 39.7 Å². The quantitative estimate of drug-likeness (QED) is 0.100. The maximum Gasteiger partial charge on any atom is 0.407 e. The fraction of sp³-hybridized carbons (Fsp3) is 0.439. The van der Waals surface area contributed by atoms with Gasteiger partial charge in [-0.2, -0.15) is 0 Å². The number of aromatic amines is 2. The molecule has 0 radical (unpaired) electrons. The summed E-state index contributed by atoms with van der Waals surface area (Å²) in [5.41, 5.74) is 6.81. The van der Waals surface area contributed by atoms with Crippen LogP contribution in [0.2, 0.25) is 0 Å². The van der Waals surface area contributed by atoms with E-state index in [2.05, 4.69) is 82.2 Å². The number of carbonyl (C=O) groups is 3. The molecule has 0 spiro atoms. The van der Waals surface area contributed by atoms with Gasteiger partial charge < -0.3 is 34.6 Å². The van der Waals surface area contributed by atoms with Gasteiger partial charge in [0.15, 0.2) is 0 Å². The molecule has 280 valence electrons. The number of nitrogens with zero attached hydrogens (tertiary/aromatic N) is 4. The van der Waals surface area contributed by atoms with Crippen molar-refractivity contribution in [1.82, 2.24) is 35.1 Å². The molecule has 1 unspecified atom stereocenters. The summed E-state index contributed by atoms with van der Waals surface area (Å²) < 4.78 is 11.0. The standard InChI is InChI=1S/C41H51N7O5/c1-7-15-47(38(49)16-25(5)8-2)22-36-42-20-34(45-36)27-11-13-30-28(17-27)24-53-35-19-31-26(18-32(30)35)12-14-33-40(31)46-37(44-33)23-48(29(9-3)10-4)39(50)21-43-41(51)52-6/h11-14,17-20,25,29H,7-10,15-16,21-24H2,1-6H3,(H,42,45)(H,43,51)(H,44,46). The number of nitrogens with one attached hydrogen (secondary N) is 3. The highest BCUT2D eigenvalue weighted by Gasteiger charge is 2.25. The van der Waals surface area contributed by atoms with Crippen LogP contribution in [0.3, 0.4) is 0 Å². The lowest BCUT2D eigenvalue weighted by Gasteiger charge is -2.30. The number of aromatic nitrogens is 4. The number of rotatable bonds is 15. The Balaban J connectivity index is 1.23. The predicted molar refractivity (Wildman–Crippen MR) is 206 cm³/mol. The molecule has 3 amide bonds. The van der Waals surface area contributed by atoms with E-state index >= 15 is 0 Å². The number of imidazole rings is 2. The van der Waals surface area contributed by atoms with E-state index in [0.717, 1.165) is 87.0 Å². The summed E-state index contributed by atoms with van der Waals surface area (Å²) in [6.07, 6.45) is 5.18. The third-order valence-corrected chi connectivity index (χ3v) is 10.3. The second-order valence-corrected chi connectivity index (χ2v) is 14.0. The monoisotopic (exact) mass is 721 g/mol. The average Bonchev–Trinajstić information content (AvgIpc) is 3.82. The van der Waals surface area contributed by atoms with Gasteiger partial charge in [-0.1, -0.05) is 59.2 Å². The number of carbonyl (C=O) groups excluding carboxylic acids is 3. The molecule has 12 heteroatoms. The first kappa shape index (κ1) is 37.4. The molecule has 3 aromatic carbocycles. The molecule has 3 heterocycles. The number of H-pyrrole nitrogens is 2. The zero-order valence-corrected chi connectivity index (χ0v) is 31.7. The van der Waals surface area contributed by atoms with Crippen molar-refractivity contribution in [1.29, 1.82) is 0 Å². The molecule has 1 aliphatic rings. The number of ether oxygens (including phenoxy) is 2. The Morgan fingerprint density at radius 3 is 2.49 bits per heavy atom. The first-order valence-corrected chi connectivity index (χ1v) is 18.8. The van der Waals surface area contributed by atoms with Crippen LogP contribution in [0.25, 0.3) is 44.2 Å². The molecular formula is C41H51N7O5. The van der Waals surface area contributed by atoms with Crippen molar-refractivity contribution in [2.75, 3.05) is 20.2 Å². The molecule has 3 N–H and O–H groups in total. The van der Waals surface area contributed by atoms with E-state index in [1.165, 1.54) is 7.11 Å². The van der Waals surface area contributed by atoms with E-state index < -0.39 is 6.09 Å². The first-order valence-electron chi connectivity index (χ1n) is 18.8. The maximum absolute atomic E-state index is 13.2. The van der Waals surface area contributed by atoms with Crippen LogP contribution in [0, 0.1) is 5.92 Å². The second kappa shape index (κ2) is 16.5. The molecule has 12 nitrogen and oxygen atoms in total. The molecule has 2 aromatic heterocycles. The van der Waals surface area contributed by atoms with Crippen molar-refractivity contribution in [2.45, 2.75) is 92.5 Å². The zero-order chi connectivity index (χ0) is 37.6. The lowest BCUT2D eigenvalue weighted by atomic mass is 9.92. The average molecular weight is 722 g/mol. The van der Waals surface area contributed by atoms with Gasteiger partial charge in [-0.3, -0.25) is 9.59 Å². The summed E-state index contributed by atoms with van der Waals surface area (Å²) in [4.78, 5) is 58.0. The van der Waals surface area contributed by atoms with Crippen molar-refractivity contribution in [3.8, 4) is 28.1 Å². The fourth-order valence-corrected chi connectivity index (χ4v) is 7.12. The Morgan fingerprint density at radius 2 is 1.75 bits per heavy atom. The minimum absolute atomic E-state index is 0.00520. The van der Waals surface area contributed by atoms with E-state index in [9.17, 15) is 14.4 Å². The van der Waals surface area contributed by atoms with Crippen LogP contribution in [0.4, 0.5) is 4.79 Å². The molecule has 0 saturated carbocycles. The van der Waals surface area contributed by atoms with Gasteiger partial charge in [0, 0.05) is 30.0 Å². The normalized spacial score (nSPS) is 12.7. The fourth-order valence-electron chi connectivity index (χ4n) is 7.12. The summed E-state index contributed by atoms with van der Waals surface area (Å²) in [5, 5.41) is 4.50. The van der Waals surface area contributed by atoms with E-state index in [1.807, 2.05) is 31.0 Å². The molecule has 0 saturated heterocycles. The third kappa shape index (κ3) is 8.16. The molecule has 0 bridgehead atoms. The largest absolute Gasteiger partial charge is 0.488 e. The number of methoxy groups -OCH3 is 1. The Labute approximate surface area is 310 Å². The summed E-state index contributed by atoms with van der Waals surface area (Å²) in [6, 6.07) is 14.7. The highest BCUT2D eigenvalue weighted by Crippen LogP contribution is 2.42. The molecule has 53 heavy (non-hydrogen) atoms. The van der Waals surface area contributed by atoms with E-state index in [0.29, 0.717) is 37.9 Å². The molecule has 0 fully saturated rings. The van der Waals surface area contributed by atoms with Gasteiger partial charge in [0.2, 0.25) is 11.8 Å². The van der Waals surface area contributed by atoms with Crippen molar-refractivity contribution in [2.24, 2.45) is 5.92 Å². The van der Waals surface area contributed by atoms with Gasteiger partial charge in [0.05, 0.1) is 43.1 Å². The van der Waals surface area contributed by atoms with Crippen LogP contribution in [-0.4, -0.2) is 73.9 Å². The SMILES string of the molecule is CCCN(Cc1ncc(-c2ccc3c(c2)COc2cc4c(ccc5[nH]c(CN(C(=O)CNC(=O)OC)C(CC)CC)nc54)cc2-3)[nH]1)C(=O)CC(C)CC. The van der Waals surface area contributed by atoms with Gasteiger partial charge in [0.1, 0.15) is 30.5 Å². The number of benzene rings is 3. The molecule has 6 rings (SSSR count). The Morgan fingerprint density at radius 1 is 0.943 bits per heavy atom. The van der Waals surface area contributed by atoms with Crippen molar-refractivity contribution in [3.63, 3.8) is 0 Å². The highest BCUT2D eigenvalue weighted by molar-refractivity contribution is 6.07. The predicted octanol–water partition coefficient (Wildman–Crippen LogP) is 7.71. The summed E-state index contributed by atoms with van der Waals surface area (Å²) in [7, 11) is 1.27. The van der Waals surface area contributed by atoms with Gasteiger partial charge in [-0.25, -0.2) is 14.8 Å². The lowest BCUT2D eigenvalue weighted by molar-refractivity contribution is -0.134. The first-order chi connectivity index (χ1) is 25.7. The Hall–Kier alpha value is -5.39. The molecule has 5 aromatic rings. The number of fused-ring (bicyclic) bond motifs is 6. The molecule has 0 aliphatic carbocycles. The molecular weight excluding hydrogens is 670 g/mol. The minimum Gasteiger partial charge on any atom is -0.488 e. The maximum atomic E-state index is 13.2. The second-order valence-electron chi connectivity index (χ2n) is 14.0. The highest BCUT2D eigenvalue weighted by atomic mass is 16.5. The van der Waals surface area contributed by atoms with Crippen LogP contribution in [0.5, 0.6) is 5.75 Å². The lowest BCUT2D eigenvalue weighted by Crippen LogP contribution is -2.45. The number of amides is 3. The Kier molecular flexibility index (Phi) is 11.6. The van der Waals surface area contributed by atoms with Gasteiger partial charge >= 0.3 is 6.09 Å². The number of alkyl carbamates (subject to hydrolysis) is 1.